The Bertz CT molecular complexity index is 397. The molecule has 2 rings (SSSR count). The molecule has 0 atom stereocenters. The van der Waals surface area contributed by atoms with Gasteiger partial charge in [0.25, 0.3) is 0 Å². The van der Waals surface area contributed by atoms with Gasteiger partial charge in [-0.05, 0) is 0 Å². The summed E-state index contributed by atoms with van der Waals surface area (Å²) in [5.41, 5.74) is -0.507. The fourth-order valence-corrected chi connectivity index (χ4v) is 13.3. The standard InChI is InChI=1S/C7H11O.C6H5.2HI.Sn/c1-2-7(8)5-3-4-6-7;1-2-4-6-5-3-1;;;/h1-2,8H,3-6H2;1-5H;2*1H;/q;;;;+2/p-2. The number of rotatable bonds is 3. The average molecular weight is 561 g/mol. The fraction of sp³-hybridized carbons (Fsp3) is 0.385. The predicted octanol–water partition coefficient (Wildman–Crippen LogP) is 3.61. The minimum absolute atomic E-state index is 0.507. The van der Waals surface area contributed by atoms with Crippen molar-refractivity contribution in [2.24, 2.45) is 0 Å². The zero-order valence-electron chi connectivity index (χ0n) is 9.57. The van der Waals surface area contributed by atoms with E-state index in [0.717, 1.165) is 25.7 Å². The van der Waals surface area contributed by atoms with Crippen molar-refractivity contribution in [2.45, 2.75) is 31.3 Å². The van der Waals surface area contributed by atoms with E-state index in [1.54, 1.807) is 0 Å². The van der Waals surface area contributed by atoms with Gasteiger partial charge in [0, 0.05) is 0 Å². The van der Waals surface area contributed by atoms with Crippen molar-refractivity contribution in [3.8, 4) is 0 Å². The Morgan fingerprint density at radius 2 is 1.71 bits per heavy atom. The van der Waals surface area contributed by atoms with Crippen LogP contribution in [0.2, 0.25) is 0 Å². The van der Waals surface area contributed by atoms with Gasteiger partial charge in [-0.2, -0.15) is 0 Å². The monoisotopic (exact) mass is 562 g/mol. The van der Waals surface area contributed by atoms with E-state index in [1.807, 2.05) is 0 Å². The van der Waals surface area contributed by atoms with Crippen LogP contribution in [0.4, 0.5) is 0 Å². The third kappa shape index (κ3) is 4.07. The Hall–Kier alpha value is 1.18. The van der Waals surface area contributed by atoms with Crippen LogP contribution in [0.15, 0.2) is 40.5 Å². The molecule has 1 aliphatic rings. The van der Waals surface area contributed by atoms with Gasteiger partial charge in [-0.25, -0.2) is 0 Å². The van der Waals surface area contributed by atoms with Crippen molar-refractivity contribution in [3.05, 3.63) is 40.5 Å². The van der Waals surface area contributed by atoms with Crippen LogP contribution >= 0.6 is 37.3 Å². The molecule has 0 aliphatic heterocycles. The van der Waals surface area contributed by atoms with Crippen LogP contribution in [-0.4, -0.2) is 21.1 Å². The van der Waals surface area contributed by atoms with Crippen LogP contribution in [0.1, 0.15) is 25.7 Å². The number of hydrogen-bond acceptors (Lipinski definition) is 1. The summed E-state index contributed by atoms with van der Waals surface area (Å²) >= 11 is 5.27. The predicted molar refractivity (Wildman–Crippen MR) is 92.4 cm³/mol. The Morgan fingerprint density at radius 3 is 2.29 bits per heavy atom. The summed E-state index contributed by atoms with van der Waals surface area (Å²) < 4.78 is 3.82. The maximum atomic E-state index is 10.3. The number of aliphatic hydroxyl groups is 1. The van der Waals surface area contributed by atoms with E-state index >= 15 is 0 Å². The van der Waals surface area contributed by atoms with Crippen LogP contribution in [0.25, 0.3) is 0 Å². The first-order valence-electron chi connectivity index (χ1n) is 5.88. The molecule has 17 heavy (non-hydrogen) atoms. The molecule has 0 spiro atoms. The van der Waals surface area contributed by atoms with Crippen LogP contribution in [0, 0.1) is 0 Å². The number of halogens is 2. The molecule has 1 nitrogen and oxygen atoms in total. The summed E-state index contributed by atoms with van der Waals surface area (Å²) in [5.74, 6) is 0. The summed E-state index contributed by atoms with van der Waals surface area (Å²) in [4.78, 5) is 0. The van der Waals surface area contributed by atoms with Crippen LogP contribution in [-0.2, 0) is 0 Å². The van der Waals surface area contributed by atoms with Crippen molar-refractivity contribution in [2.75, 3.05) is 0 Å². The number of hydrogen-bond donors (Lipinski definition) is 1. The molecule has 0 bridgehead atoms. The zero-order valence-corrected chi connectivity index (χ0v) is 16.7. The Morgan fingerprint density at radius 1 is 1.12 bits per heavy atom. The molecule has 0 radical (unpaired) electrons. The van der Waals surface area contributed by atoms with Gasteiger partial charge in [0.1, 0.15) is 0 Å². The van der Waals surface area contributed by atoms with Gasteiger partial charge >= 0.3 is 128 Å². The molecule has 1 N–H and O–H groups in total. The van der Waals surface area contributed by atoms with E-state index < -0.39 is 16.0 Å². The Labute approximate surface area is 126 Å². The Kier molecular flexibility index (Phi) is 5.22. The van der Waals surface area contributed by atoms with Gasteiger partial charge in [-0.3, -0.25) is 0 Å². The molecular weight excluding hydrogens is 545 g/mol. The first-order chi connectivity index (χ1) is 8.02. The van der Waals surface area contributed by atoms with Gasteiger partial charge in [0.15, 0.2) is 0 Å². The fourth-order valence-electron chi connectivity index (χ4n) is 2.17. The van der Waals surface area contributed by atoms with Crippen LogP contribution in [0.3, 0.4) is 0 Å². The molecule has 0 unspecified atom stereocenters. The van der Waals surface area contributed by atoms with Gasteiger partial charge in [-0.15, -0.1) is 0 Å². The second kappa shape index (κ2) is 6.09. The molecule has 0 saturated heterocycles. The van der Waals surface area contributed by atoms with Gasteiger partial charge in [0.2, 0.25) is 0 Å². The van der Waals surface area contributed by atoms with E-state index in [4.69, 9.17) is 0 Å². The Balaban J connectivity index is 2.14. The molecule has 0 aromatic heterocycles. The summed E-state index contributed by atoms with van der Waals surface area (Å²) in [5, 5.41) is 10.3. The number of benzene rings is 1. The summed E-state index contributed by atoms with van der Waals surface area (Å²) in [6, 6.07) is 10.7. The van der Waals surface area contributed by atoms with Crippen molar-refractivity contribution in [3.63, 3.8) is 0 Å². The van der Waals surface area contributed by atoms with Crippen LogP contribution in [0.5, 0.6) is 0 Å². The van der Waals surface area contributed by atoms with Crippen molar-refractivity contribution < 1.29 is 5.11 Å². The normalized spacial score (nSPS) is 19.9. The molecular formula is C13H16I2OSn. The summed E-state index contributed by atoms with van der Waals surface area (Å²) in [6.07, 6.45) is 6.30. The van der Waals surface area contributed by atoms with E-state index in [2.05, 4.69) is 77.8 Å². The molecule has 0 heterocycles. The van der Waals surface area contributed by atoms with Gasteiger partial charge in [-0.1, -0.05) is 0 Å². The van der Waals surface area contributed by atoms with Crippen molar-refractivity contribution >= 4 is 51.3 Å². The molecule has 1 aromatic rings. The molecule has 1 fully saturated rings. The first kappa shape index (κ1) is 14.6. The topological polar surface area (TPSA) is 20.2 Å². The van der Waals surface area contributed by atoms with E-state index in [0.29, 0.717) is 0 Å². The molecule has 0 amide bonds. The summed E-state index contributed by atoms with van der Waals surface area (Å²) in [7, 11) is -2.37. The van der Waals surface area contributed by atoms with Crippen LogP contribution < -0.4 is 3.58 Å². The van der Waals surface area contributed by atoms with E-state index in [9.17, 15) is 5.11 Å². The quantitative estimate of drug-likeness (QED) is 0.443. The molecule has 1 aromatic carbocycles. The molecule has 92 valence electrons. The van der Waals surface area contributed by atoms with E-state index in [-0.39, 0.29) is 0 Å². The van der Waals surface area contributed by atoms with Gasteiger partial charge in [0.05, 0.1) is 0 Å². The second-order valence-electron chi connectivity index (χ2n) is 4.63. The first-order valence-corrected chi connectivity index (χ1v) is 25.6. The SMILES string of the molecule is OC1(/C=[CH]\[Sn]([I])([I])[c]2ccccc2)CCCC1. The van der Waals surface area contributed by atoms with Crippen molar-refractivity contribution in [1.82, 2.24) is 0 Å². The second-order valence-corrected chi connectivity index (χ2v) is 47.5. The zero-order chi connectivity index (χ0) is 12.4. The molecule has 1 saturated carbocycles. The van der Waals surface area contributed by atoms with Crippen molar-refractivity contribution in [1.29, 1.82) is 0 Å². The third-order valence-corrected chi connectivity index (χ3v) is 21.2. The minimum atomic E-state index is -2.37. The summed E-state index contributed by atoms with van der Waals surface area (Å²) in [6.45, 7) is 0. The van der Waals surface area contributed by atoms with E-state index in [1.165, 1.54) is 3.58 Å². The average Bonchev–Trinajstić information content (AvgIpc) is 2.76. The molecule has 4 heteroatoms. The van der Waals surface area contributed by atoms with Gasteiger partial charge < -0.3 is 0 Å². The third-order valence-electron chi connectivity index (χ3n) is 3.23. The maximum absolute atomic E-state index is 10.3. The molecule has 1 aliphatic carbocycles.